The van der Waals surface area contributed by atoms with E-state index in [1.807, 2.05) is 38.4 Å². The van der Waals surface area contributed by atoms with Crippen LogP contribution in [0.3, 0.4) is 0 Å². The molecule has 0 spiro atoms. The van der Waals surface area contributed by atoms with Crippen LogP contribution in [0.1, 0.15) is 24.0 Å². The molecule has 0 bridgehead atoms. The van der Waals surface area contributed by atoms with E-state index in [2.05, 4.69) is 26.6 Å². The lowest BCUT2D eigenvalue weighted by molar-refractivity contribution is -0.105. The molecule has 1 aromatic heterocycles. The van der Waals surface area contributed by atoms with Crippen molar-refractivity contribution in [3.05, 3.63) is 65.2 Å². The number of aromatic nitrogens is 1. The molecule has 0 aliphatic rings. The van der Waals surface area contributed by atoms with E-state index in [1.165, 1.54) is 23.9 Å². The number of unbranched alkanes of at least 4 members (excludes halogenated alkanes) is 1. The summed E-state index contributed by atoms with van der Waals surface area (Å²) in [5, 5.41) is 24.7. The lowest BCUT2D eigenvalue weighted by Crippen LogP contribution is -2.34. The number of phenolic OH excluding ortho intramolecular Hbond substituents is 1. The number of halogens is 2. The number of aromatic hydroxyl groups is 1. The molecule has 2 aromatic carbocycles. The van der Waals surface area contributed by atoms with E-state index in [1.54, 1.807) is 0 Å². The van der Waals surface area contributed by atoms with Crippen LogP contribution in [0.15, 0.2) is 52.4 Å². The number of amidine groups is 1. The highest BCUT2D eigenvalue weighted by molar-refractivity contribution is 7.98. The number of para-hydroxylation sites is 1. The van der Waals surface area contributed by atoms with Crippen LogP contribution in [0.5, 0.6) is 5.75 Å². The summed E-state index contributed by atoms with van der Waals surface area (Å²) in [6.07, 6.45) is 3.51. The van der Waals surface area contributed by atoms with Crippen LogP contribution in [0.4, 0.5) is 20.3 Å². The van der Waals surface area contributed by atoms with Crippen molar-refractivity contribution in [3.63, 3.8) is 0 Å². The van der Waals surface area contributed by atoms with Gasteiger partial charge >= 0.3 is 0 Å². The number of anilines is 1. The molecule has 11 heteroatoms. The van der Waals surface area contributed by atoms with Crippen molar-refractivity contribution in [2.75, 3.05) is 38.3 Å². The summed E-state index contributed by atoms with van der Waals surface area (Å²) in [4.78, 5) is 23.5. The molecule has 0 aliphatic carbocycles. The standard InChI is InChI=1S/C28H30F2N6O2S/c1-18-8-6-11-23(39-3)25(18)34-27(32-13-15-36(2)14-5-4-12-31)19-16-21(30)26(35-28(19)33-17-37)24-20(29)9-7-10-22(24)38/h6-11,16-17,38H,4-5,13-15H2,1-3H3,(H,32,34)(H,33,35,37). The number of aryl methyl sites for hydroxylation is 1. The Morgan fingerprint density at radius 1 is 1.23 bits per heavy atom. The number of likely N-dealkylation sites (N-methyl/N-ethyl adjacent to an activating group) is 1. The summed E-state index contributed by atoms with van der Waals surface area (Å²) in [7, 11) is 1.93. The normalized spacial score (nSPS) is 11.4. The molecule has 0 fully saturated rings. The number of carbonyl (C=O) groups is 1. The van der Waals surface area contributed by atoms with E-state index < -0.39 is 28.6 Å². The van der Waals surface area contributed by atoms with Gasteiger partial charge in [-0.1, -0.05) is 18.2 Å². The van der Waals surface area contributed by atoms with E-state index in [-0.39, 0.29) is 17.2 Å². The van der Waals surface area contributed by atoms with E-state index in [0.29, 0.717) is 31.6 Å². The van der Waals surface area contributed by atoms with Crippen LogP contribution < -0.4 is 10.6 Å². The zero-order chi connectivity index (χ0) is 28.4. The third-order valence-electron chi connectivity index (χ3n) is 5.91. The molecule has 204 valence electrons. The Morgan fingerprint density at radius 3 is 2.69 bits per heavy atom. The van der Waals surface area contributed by atoms with Crippen LogP contribution in [-0.4, -0.2) is 60.2 Å². The monoisotopic (exact) mass is 552 g/mol. The minimum absolute atomic E-state index is 0.0584. The van der Waals surface area contributed by atoms with Gasteiger partial charge in [-0.15, -0.1) is 11.8 Å². The Kier molecular flexibility index (Phi) is 10.8. The number of aliphatic imine (C=N–C) groups is 1. The van der Waals surface area contributed by atoms with Crippen molar-refractivity contribution < 1.29 is 18.7 Å². The molecule has 3 N–H and O–H groups in total. The van der Waals surface area contributed by atoms with E-state index in [0.717, 1.165) is 35.6 Å². The number of pyridine rings is 1. The second-order valence-electron chi connectivity index (χ2n) is 8.69. The molecular formula is C28H30F2N6O2S. The average Bonchev–Trinajstić information content (AvgIpc) is 2.90. The van der Waals surface area contributed by atoms with Crippen LogP contribution in [0.25, 0.3) is 11.3 Å². The lowest BCUT2D eigenvalue weighted by atomic mass is 10.1. The maximum Gasteiger partial charge on any atom is 0.212 e. The van der Waals surface area contributed by atoms with Gasteiger partial charge in [0.2, 0.25) is 6.41 Å². The summed E-state index contributed by atoms with van der Waals surface area (Å²) < 4.78 is 30.0. The van der Waals surface area contributed by atoms with Crippen LogP contribution in [0, 0.1) is 29.9 Å². The zero-order valence-corrected chi connectivity index (χ0v) is 22.8. The first kappa shape index (κ1) is 29.5. The Balaban J connectivity index is 2.10. The van der Waals surface area contributed by atoms with Gasteiger partial charge < -0.3 is 20.6 Å². The highest BCUT2D eigenvalue weighted by Crippen LogP contribution is 2.35. The molecule has 1 amide bonds. The van der Waals surface area contributed by atoms with Gasteiger partial charge in [0.25, 0.3) is 0 Å². The second-order valence-corrected chi connectivity index (χ2v) is 9.54. The highest BCUT2D eigenvalue weighted by atomic mass is 32.2. The van der Waals surface area contributed by atoms with Crippen LogP contribution in [-0.2, 0) is 4.79 Å². The van der Waals surface area contributed by atoms with Gasteiger partial charge in [0.1, 0.15) is 28.9 Å². The van der Waals surface area contributed by atoms with Crippen molar-refractivity contribution in [2.24, 2.45) is 4.99 Å². The van der Waals surface area contributed by atoms with Gasteiger partial charge in [0, 0.05) is 24.4 Å². The van der Waals surface area contributed by atoms with E-state index in [4.69, 9.17) is 10.3 Å². The molecule has 3 rings (SSSR count). The third kappa shape index (κ3) is 7.52. The summed E-state index contributed by atoms with van der Waals surface area (Å²) in [5.41, 5.74) is 0.853. The molecule has 0 atom stereocenters. The Labute approximate surface area is 230 Å². The summed E-state index contributed by atoms with van der Waals surface area (Å²) in [5.74, 6) is -2.05. The highest BCUT2D eigenvalue weighted by Gasteiger charge is 2.22. The molecule has 8 nitrogen and oxygen atoms in total. The Hall–Kier alpha value is -4.01. The van der Waals surface area contributed by atoms with Crippen molar-refractivity contribution in [2.45, 2.75) is 24.7 Å². The Morgan fingerprint density at radius 2 is 2.00 bits per heavy atom. The summed E-state index contributed by atoms with van der Waals surface area (Å²) in [6.45, 7) is 3.65. The molecular weight excluding hydrogens is 522 g/mol. The van der Waals surface area contributed by atoms with Gasteiger partial charge in [-0.3, -0.25) is 4.79 Å². The van der Waals surface area contributed by atoms with Gasteiger partial charge in [-0.05, 0) is 63.0 Å². The van der Waals surface area contributed by atoms with E-state index in [9.17, 15) is 14.3 Å². The predicted molar refractivity (Wildman–Crippen MR) is 150 cm³/mol. The fourth-order valence-corrected chi connectivity index (χ4v) is 4.52. The first-order valence-electron chi connectivity index (χ1n) is 12.2. The number of benzene rings is 2. The Bertz CT molecular complexity index is 1370. The molecule has 1 heterocycles. The van der Waals surface area contributed by atoms with Crippen molar-refractivity contribution in [3.8, 4) is 23.1 Å². The van der Waals surface area contributed by atoms with Crippen molar-refractivity contribution >= 4 is 35.5 Å². The number of hydrogen-bond donors (Lipinski definition) is 3. The predicted octanol–water partition coefficient (Wildman–Crippen LogP) is 5.23. The van der Waals surface area contributed by atoms with Crippen LogP contribution >= 0.6 is 11.8 Å². The van der Waals surface area contributed by atoms with Crippen molar-refractivity contribution in [1.82, 2.24) is 15.2 Å². The smallest absolute Gasteiger partial charge is 0.212 e. The van der Waals surface area contributed by atoms with Gasteiger partial charge in [-0.2, -0.15) is 5.26 Å². The molecule has 0 radical (unpaired) electrons. The maximum atomic E-state index is 15.5. The number of thioether (sulfide) groups is 1. The number of rotatable bonds is 12. The number of nitriles is 1. The minimum Gasteiger partial charge on any atom is -0.507 e. The first-order valence-corrected chi connectivity index (χ1v) is 13.4. The number of hydrogen-bond acceptors (Lipinski definition) is 7. The third-order valence-corrected chi connectivity index (χ3v) is 6.68. The van der Waals surface area contributed by atoms with Crippen molar-refractivity contribution in [1.29, 1.82) is 5.26 Å². The molecule has 0 aliphatic heterocycles. The molecule has 0 unspecified atom stereocenters. The first-order chi connectivity index (χ1) is 18.8. The fourth-order valence-electron chi connectivity index (χ4n) is 3.91. The van der Waals surface area contributed by atoms with Gasteiger partial charge in [0.05, 0.1) is 22.9 Å². The van der Waals surface area contributed by atoms with Crippen LogP contribution in [0.2, 0.25) is 0 Å². The summed E-state index contributed by atoms with van der Waals surface area (Å²) in [6, 6.07) is 12.6. The molecule has 0 saturated heterocycles. The number of phenols is 1. The number of carbonyl (C=O) groups excluding carboxylic acids is 1. The van der Waals surface area contributed by atoms with Gasteiger partial charge in [0.15, 0.2) is 5.82 Å². The molecule has 0 saturated carbocycles. The van der Waals surface area contributed by atoms with Gasteiger partial charge in [-0.25, -0.2) is 18.8 Å². The quantitative estimate of drug-likeness (QED) is 0.0926. The largest absolute Gasteiger partial charge is 0.507 e. The molecule has 39 heavy (non-hydrogen) atoms. The molecule has 3 aromatic rings. The number of amides is 1. The number of nitrogens with one attached hydrogen (secondary N) is 2. The van der Waals surface area contributed by atoms with E-state index >= 15 is 4.39 Å². The zero-order valence-electron chi connectivity index (χ0n) is 22.0. The minimum atomic E-state index is -0.903. The number of nitrogens with zero attached hydrogens (tertiary/aromatic N) is 4. The fraction of sp³-hybridized carbons (Fsp3) is 0.286. The second kappa shape index (κ2) is 14.2. The maximum absolute atomic E-state index is 15.5. The topological polar surface area (TPSA) is 114 Å². The summed E-state index contributed by atoms with van der Waals surface area (Å²) >= 11 is 1.51. The lowest BCUT2D eigenvalue weighted by Gasteiger charge is -2.19. The average molecular weight is 553 g/mol. The SMILES string of the molecule is CSc1cccc(C)c1/N=C(/NCCN(C)CCCC#N)c1cc(F)c(-c2c(O)cccc2F)nc1NC=O.